The summed E-state index contributed by atoms with van der Waals surface area (Å²) in [4.78, 5) is 27.0. The average Bonchev–Trinajstić information content (AvgIpc) is 3.12. The lowest BCUT2D eigenvalue weighted by Gasteiger charge is -2.13. The summed E-state index contributed by atoms with van der Waals surface area (Å²) in [5.41, 5.74) is 2.06. The zero-order valence-corrected chi connectivity index (χ0v) is 20.2. The Morgan fingerprint density at radius 2 is 1.74 bits per heavy atom. The van der Waals surface area contributed by atoms with Crippen molar-refractivity contribution in [3.05, 3.63) is 87.8 Å². The number of amides is 2. The van der Waals surface area contributed by atoms with Crippen LogP contribution in [0.4, 0.5) is 10.5 Å². The molecule has 34 heavy (non-hydrogen) atoms. The van der Waals surface area contributed by atoms with Crippen LogP contribution in [-0.4, -0.2) is 24.9 Å². The van der Waals surface area contributed by atoms with Crippen LogP contribution in [0, 0.1) is 0 Å². The molecule has 1 aliphatic heterocycles. The zero-order valence-electron chi connectivity index (χ0n) is 18.6. The molecule has 0 saturated carbocycles. The molecule has 2 amide bonds. The molecule has 0 N–H and O–H groups in total. The van der Waals surface area contributed by atoms with Gasteiger partial charge in [0.2, 0.25) is 0 Å². The maximum absolute atomic E-state index is 13.0. The lowest BCUT2D eigenvalue weighted by Crippen LogP contribution is -2.27. The van der Waals surface area contributed by atoms with Crippen LogP contribution in [0.25, 0.3) is 6.08 Å². The van der Waals surface area contributed by atoms with Crippen molar-refractivity contribution in [3.63, 3.8) is 0 Å². The minimum absolute atomic E-state index is 0.288. The summed E-state index contributed by atoms with van der Waals surface area (Å²) in [6.45, 7) is 2.72. The van der Waals surface area contributed by atoms with Crippen LogP contribution in [0.5, 0.6) is 17.2 Å². The molecule has 0 spiro atoms. The summed E-state index contributed by atoms with van der Waals surface area (Å²) in [7, 11) is 1.54. The van der Waals surface area contributed by atoms with E-state index in [0.717, 1.165) is 22.2 Å². The Labute approximate surface area is 207 Å². The maximum Gasteiger partial charge on any atom is 0.298 e. The van der Waals surface area contributed by atoms with Gasteiger partial charge in [0, 0.05) is 10.6 Å². The van der Waals surface area contributed by atoms with E-state index in [2.05, 4.69) is 0 Å². The predicted molar refractivity (Wildman–Crippen MR) is 135 cm³/mol. The minimum atomic E-state index is -0.378. The van der Waals surface area contributed by atoms with Crippen LogP contribution in [0.1, 0.15) is 18.1 Å². The van der Waals surface area contributed by atoms with E-state index in [0.29, 0.717) is 45.0 Å². The second-order valence-electron chi connectivity index (χ2n) is 7.23. The smallest absolute Gasteiger partial charge is 0.298 e. The van der Waals surface area contributed by atoms with Crippen molar-refractivity contribution in [2.45, 2.75) is 13.5 Å². The van der Waals surface area contributed by atoms with Crippen LogP contribution >= 0.6 is 23.4 Å². The summed E-state index contributed by atoms with van der Waals surface area (Å²) in [5.74, 6) is 1.35. The van der Waals surface area contributed by atoms with E-state index in [1.54, 1.807) is 61.7 Å². The van der Waals surface area contributed by atoms with E-state index < -0.39 is 0 Å². The Bertz CT molecular complexity index is 1240. The first-order valence-electron chi connectivity index (χ1n) is 10.5. The van der Waals surface area contributed by atoms with Crippen LogP contribution < -0.4 is 19.1 Å². The Kier molecular flexibility index (Phi) is 7.45. The standard InChI is InChI=1S/C26H22ClNO5S/c1-3-32-20-11-9-19(10-12-20)28-25(29)24(34-26(28)30)15-17-8-13-22(23(14-17)31-2)33-16-18-6-4-5-7-21(18)27/h4-15H,3,16H2,1-2H3/b24-15-. The molecule has 0 atom stereocenters. The Morgan fingerprint density at radius 1 is 0.971 bits per heavy atom. The first-order chi connectivity index (χ1) is 16.5. The first kappa shape index (κ1) is 23.7. The molecular formula is C26H22ClNO5S. The number of benzene rings is 3. The van der Waals surface area contributed by atoms with Crippen molar-refractivity contribution < 1.29 is 23.8 Å². The molecule has 8 heteroatoms. The lowest BCUT2D eigenvalue weighted by atomic mass is 10.1. The summed E-state index contributed by atoms with van der Waals surface area (Å²) in [6, 6.07) is 19.6. The Balaban J connectivity index is 1.51. The monoisotopic (exact) mass is 495 g/mol. The number of imide groups is 1. The molecule has 1 fully saturated rings. The molecular weight excluding hydrogens is 474 g/mol. The highest BCUT2D eigenvalue weighted by atomic mass is 35.5. The number of thioether (sulfide) groups is 1. The number of methoxy groups -OCH3 is 1. The highest BCUT2D eigenvalue weighted by Gasteiger charge is 2.36. The molecule has 1 saturated heterocycles. The van der Waals surface area contributed by atoms with Gasteiger partial charge < -0.3 is 14.2 Å². The zero-order chi connectivity index (χ0) is 24.1. The largest absolute Gasteiger partial charge is 0.494 e. The molecule has 0 aliphatic carbocycles. The summed E-state index contributed by atoms with van der Waals surface area (Å²) >= 11 is 7.09. The van der Waals surface area contributed by atoms with Crippen molar-refractivity contribution in [2.24, 2.45) is 0 Å². The van der Waals surface area contributed by atoms with E-state index in [9.17, 15) is 9.59 Å². The molecule has 4 rings (SSSR count). The van der Waals surface area contributed by atoms with Gasteiger partial charge in [0.25, 0.3) is 11.1 Å². The molecule has 0 aromatic heterocycles. The van der Waals surface area contributed by atoms with Gasteiger partial charge in [-0.1, -0.05) is 35.9 Å². The molecule has 0 bridgehead atoms. The summed E-state index contributed by atoms with van der Waals surface area (Å²) in [5, 5.41) is 0.272. The molecule has 1 heterocycles. The van der Waals surface area contributed by atoms with Crippen LogP contribution in [0.2, 0.25) is 5.02 Å². The Morgan fingerprint density at radius 3 is 2.44 bits per heavy atom. The summed E-state index contributed by atoms with van der Waals surface area (Å²) < 4.78 is 16.8. The normalized spacial score (nSPS) is 14.6. The molecule has 6 nitrogen and oxygen atoms in total. The maximum atomic E-state index is 13.0. The molecule has 174 valence electrons. The minimum Gasteiger partial charge on any atom is -0.494 e. The van der Waals surface area contributed by atoms with Crippen molar-refractivity contribution in [2.75, 3.05) is 18.6 Å². The second-order valence-corrected chi connectivity index (χ2v) is 8.63. The van der Waals surface area contributed by atoms with Gasteiger partial charge in [-0.25, -0.2) is 4.90 Å². The van der Waals surface area contributed by atoms with E-state index in [-0.39, 0.29) is 17.8 Å². The van der Waals surface area contributed by atoms with E-state index in [1.807, 2.05) is 25.1 Å². The third kappa shape index (κ3) is 5.21. The van der Waals surface area contributed by atoms with Crippen molar-refractivity contribution >= 4 is 46.3 Å². The van der Waals surface area contributed by atoms with Gasteiger partial charge in [-0.3, -0.25) is 9.59 Å². The Hall–Kier alpha value is -3.42. The van der Waals surface area contributed by atoms with E-state index in [1.165, 1.54) is 0 Å². The van der Waals surface area contributed by atoms with Crippen LogP contribution in [0.3, 0.4) is 0 Å². The van der Waals surface area contributed by atoms with Crippen molar-refractivity contribution in [1.82, 2.24) is 0 Å². The quantitative estimate of drug-likeness (QED) is 0.329. The average molecular weight is 496 g/mol. The number of carbonyl (C=O) groups is 2. The number of halogens is 1. The fourth-order valence-corrected chi connectivity index (χ4v) is 4.40. The highest BCUT2D eigenvalue weighted by Crippen LogP contribution is 2.37. The number of nitrogens with zero attached hydrogens (tertiary/aromatic N) is 1. The fraction of sp³-hybridized carbons (Fsp3) is 0.154. The number of carbonyl (C=O) groups excluding carboxylic acids is 2. The van der Waals surface area contributed by atoms with Crippen LogP contribution in [-0.2, 0) is 11.4 Å². The number of hydrogen-bond acceptors (Lipinski definition) is 6. The third-order valence-corrected chi connectivity index (χ3v) is 6.26. The highest BCUT2D eigenvalue weighted by molar-refractivity contribution is 8.19. The van der Waals surface area contributed by atoms with Gasteiger partial charge in [0.1, 0.15) is 12.4 Å². The van der Waals surface area contributed by atoms with Gasteiger partial charge >= 0.3 is 0 Å². The summed E-state index contributed by atoms with van der Waals surface area (Å²) in [6.07, 6.45) is 1.67. The van der Waals surface area contributed by atoms with E-state index in [4.69, 9.17) is 25.8 Å². The van der Waals surface area contributed by atoms with Crippen molar-refractivity contribution in [1.29, 1.82) is 0 Å². The van der Waals surface area contributed by atoms with Gasteiger partial charge in [-0.2, -0.15) is 0 Å². The SMILES string of the molecule is CCOc1ccc(N2C(=O)S/C(=C\c3ccc(OCc4ccccc4Cl)c(OC)c3)C2=O)cc1. The lowest BCUT2D eigenvalue weighted by molar-refractivity contribution is -0.113. The molecule has 0 unspecified atom stereocenters. The number of hydrogen-bond donors (Lipinski definition) is 0. The van der Waals surface area contributed by atoms with Gasteiger partial charge in [-0.15, -0.1) is 0 Å². The third-order valence-electron chi connectivity index (χ3n) is 5.03. The molecule has 1 aliphatic rings. The van der Waals surface area contributed by atoms with Crippen LogP contribution in [0.15, 0.2) is 71.6 Å². The molecule has 3 aromatic carbocycles. The number of rotatable bonds is 8. The van der Waals surface area contributed by atoms with Crippen molar-refractivity contribution in [3.8, 4) is 17.2 Å². The number of anilines is 1. The topological polar surface area (TPSA) is 65.1 Å². The fourth-order valence-electron chi connectivity index (χ4n) is 3.36. The number of ether oxygens (including phenoxy) is 3. The van der Waals surface area contributed by atoms with E-state index >= 15 is 0 Å². The first-order valence-corrected chi connectivity index (χ1v) is 11.7. The second kappa shape index (κ2) is 10.7. The van der Waals surface area contributed by atoms with Gasteiger partial charge in [0.05, 0.1) is 24.3 Å². The molecule has 3 aromatic rings. The van der Waals surface area contributed by atoms with Gasteiger partial charge in [-0.05, 0) is 72.8 Å². The predicted octanol–water partition coefficient (Wildman–Crippen LogP) is 6.57. The van der Waals surface area contributed by atoms with Gasteiger partial charge in [0.15, 0.2) is 11.5 Å². The molecule has 0 radical (unpaired) electrons.